The molecular weight excluding hydrogens is 258 g/mol. The lowest BCUT2D eigenvalue weighted by Gasteiger charge is -2.25. The molecule has 0 aliphatic carbocycles. The van der Waals surface area contributed by atoms with Crippen LogP contribution in [0.5, 0.6) is 0 Å². The molecule has 1 rings (SSSR count). The van der Waals surface area contributed by atoms with Crippen LogP contribution < -0.4 is 5.32 Å². The second-order valence-corrected chi connectivity index (χ2v) is 4.17. The number of nitrogens with one attached hydrogen (secondary N) is 1. The van der Waals surface area contributed by atoms with Crippen LogP contribution in [0.3, 0.4) is 0 Å². The van der Waals surface area contributed by atoms with E-state index in [1.54, 1.807) is 13.8 Å². The van der Waals surface area contributed by atoms with Gasteiger partial charge in [0.2, 0.25) is 0 Å². The van der Waals surface area contributed by atoms with Gasteiger partial charge < -0.3 is 15.3 Å². The maximum atomic E-state index is 13.0. The molecule has 0 spiro atoms. The van der Waals surface area contributed by atoms with Gasteiger partial charge in [0, 0.05) is 17.8 Å². The Hall–Kier alpha value is -2.18. The molecule has 0 fully saturated rings. The van der Waals surface area contributed by atoms with Crippen LogP contribution in [0.1, 0.15) is 13.8 Å². The van der Waals surface area contributed by atoms with E-state index in [4.69, 9.17) is 5.11 Å². The molecule has 5 nitrogen and oxygen atoms in total. The van der Waals surface area contributed by atoms with Crippen molar-refractivity contribution < 1.29 is 23.5 Å². The van der Waals surface area contributed by atoms with Gasteiger partial charge in [0.15, 0.2) is 11.6 Å². The molecule has 0 aliphatic rings. The van der Waals surface area contributed by atoms with Crippen molar-refractivity contribution in [1.82, 2.24) is 4.90 Å². The number of hydrogen-bond donors (Lipinski definition) is 2. The largest absolute Gasteiger partial charge is 0.480 e. The van der Waals surface area contributed by atoms with Gasteiger partial charge in [0.1, 0.15) is 6.54 Å². The molecule has 0 unspecified atom stereocenters. The number of aliphatic carboxylic acids is 1. The maximum Gasteiger partial charge on any atom is 0.323 e. The number of benzene rings is 1. The first-order valence-electron chi connectivity index (χ1n) is 5.55. The van der Waals surface area contributed by atoms with Gasteiger partial charge in [-0.3, -0.25) is 4.79 Å². The maximum absolute atomic E-state index is 13.0. The lowest BCUT2D eigenvalue weighted by atomic mass is 10.3. The van der Waals surface area contributed by atoms with E-state index < -0.39 is 30.2 Å². The van der Waals surface area contributed by atoms with E-state index >= 15 is 0 Å². The van der Waals surface area contributed by atoms with Crippen LogP contribution in [-0.4, -0.2) is 34.6 Å². The molecule has 2 amide bonds. The zero-order valence-corrected chi connectivity index (χ0v) is 10.5. The second-order valence-electron chi connectivity index (χ2n) is 4.17. The number of carbonyl (C=O) groups is 2. The summed E-state index contributed by atoms with van der Waals surface area (Å²) >= 11 is 0. The Balaban J connectivity index is 2.81. The van der Waals surface area contributed by atoms with Crippen molar-refractivity contribution in [3.63, 3.8) is 0 Å². The lowest BCUT2D eigenvalue weighted by molar-refractivity contribution is -0.137. The third-order valence-corrected chi connectivity index (χ3v) is 2.36. The van der Waals surface area contributed by atoms with E-state index in [1.165, 1.54) is 6.07 Å². The number of carboxylic acid groups (broad SMARTS) is 1. The molecular formula is C12H14F2N2O3. The normalized spacial score (nSPS) is 10.4. The molecule has 1 aromatic rings. The van der Waals surface area contributed by atoms with Gasteiger partial charge in [0.05, 0.1) is 0 Å². The molecule has 2 N–H and O–H groups in total. The number of hydrogen-bond acceptors (Lipinski definition) is 2. The Labute approximate surface area is 108 Å². The number of halogens is 2. The number of amides is 2. The minimum absolute atomic E-state index is 0.0555. The summed E-state index contributed by atoms with van der Waals surface area (Å²) in [6, 6.07) is 1.86. The summed E-state index contributed by atoms with van der Waals surface area (Å²) in [4.78, 5) is 23.5. The minimum Gasteiger partial charge on any atom is -0.480 e. The summed E-state index contributed by atoms with van der Waals surface area (Å²) in [5.74, 6) is -3.27. The van der Waals surface area contributed by atoms with Gasteiger partial charge in [-0.1, -0.05) is 0 Å². The minimum atomic E-state index is -1.16. The van der Waals surface area contributed by atoms with Crippen molar-refractivity contribution in [2.75, 3.05) is 11.9 Å². The number of urea groups is 1. The number of anilines is 1. The van der Waals surface area contributed by atoms with E-state index in [0.717, 1.165) is 17.0 Å². The molecule has 0 saturated heterocycles. The average molecular weight is 272 g/mol. The van der Waals surface area contributed by atoms with E-state index in [0.29, 0.717) is 0 Å². The first-order chi connectivity index (χ1) is 8.81. The number of carbonyl (C=O) groups excluding carboxylic acids is 1. The smallest absolute Gasteiger partial charge is 0.323 e. The summed E-state index contributed by atoms with van der Waals surface area (Å²) in [6.07, 6.45) is 0. The average Bonchev–Trinajstić information content (AvgIpc) is 2.30. The summed E-state index contributed by atoms with van der Waals surface area (Å²) < 4.78 is 25.7. The molecule has 1 aromatic carbocycles. The van der Waals surface area contributed by atoms with Crippen molar-refractivity contribution in [3.05, 3.63) is 29.8 Å². The highest BCUT2D eigenvalue weighted by Crippen LogP contribution is 2.14. The van der Waals surface area contributed by atoms with Gasteiger partial charge in [-0.2, -0.15) is 0 Å². The Morgan fingerprint density at radius 2 is 1.95 bits per heavy atom. The van der Waals surface area contributed by atoms with Crippen LogP contribution in [0.2, 0.25) is 0 Å². The predicted molar refractivity (Wildman–Crippen MR) is 64.9 cm³/mol. The van der Waals surface area contributed by atoms with E-state index in [-0.39, 0.29) is 11.7 Å². The van der Waals surface area contributed by atoms with Crippen LogP contribution in [0, 0.1) is 11.6 Å². The number of rotatable bonds is 4. The van der Waals surface area contributed by atoms with Crippen molar-refractivity contribution >= 4 is 17.7 Å². The van der Waals surface area contributed by atoms with Crippen molar-refractivity contribution in [1.29, 1.82) is 0 Å². The fourth-order valence-corrected chi connectivity index (χ4v) is 1.40. The molecule has 0 aromatic heterocycles. The first-order valence-corrected chi connectivity index (χ1v) is 5.55. The third kappa shape index (κ3) is 4.20. The van der Waals surface area contributed by atoms with Crippen LogP contribution in [-0.2, 0) is 4.79 Å². The van der Waals surface area contributed by atoms with E-state index in [9.17, 15) is 18.4 Å². The topological polar surface area (TPSA) is 69.6 Å². The Bertz CT molecular complexity index is 492. The van der Waals surface area contributed by atoms with Gasteiger partial charge >= 0.3 is 12.0 Å². The summed E-state index contributed by atoms with van der Waals surface area (Å²) in [5, 5.41) is 11.0. The predicted octanol–water partition coefficient (Wildman–Crippen LogP) is 2.29. The molecule has 0 heterocycles. The quantitative estimate of drug-likeness (QED) is 0.883. The Kier molecular flexibility index (Phi) is 4.80. The highest BCUT2D eigenvalue weighted by molar-refractivity contribution is 5.91. The Morgan fingerprint density at radius 3 is 2.42 bits per heavy atom. The van der Waals surface area contributed by atoms with Gasteiger partial charge in [0.25, 0.3) is 0 Å². The molecule has 0 atom stereocenters. The number of carboxylic acids is 1. The first kappa shape index (κ1) is 14.9. The molecule has 0 aliphatic heterocycles. The highest BCUT2D eigenvalue weighted by Gasteiger charge is 2.20. The highest BCUT2D eigenvalue weighted by atomic mass is 19.2. The van der Waals surface area contributed by atoms with Crippen LogP contribution in [0.25, 0.3) is 0 Å². The van der Waals surface area contributed by atoms with Crippen LogP contribution in [0.15, 0.2) is 18.2 Å². The van der Waals surface area contributed by atoms with Crippen molar-refractivity contribution in [2.24, 2.45) is 0 Å². The SMILES string of the molecule is CC(C)N(CC(=O)O)C(=O)Nc1ccc(F)c(F)c1. The molecule has 0 bridgehead atoms. The van der Waals surface area contributed by atoms with Gasteiger partial charge in [-0.05, 0) is 26.0 Å². The van der Waals surface area contributed by atoms with E-state index in [1.807, 2.05) is 0 Å². The summed E-state index contributed by atoms with van der Waals surface area (Å²) in [6.45, 7) is 2.81. The molecule has 104 valence electrons. The third-order valence-electron chi connectivity index (χ3n) is 2.36. The van der Waals surface area contributed by atoms with Gasteiger partial charge in [-0.15, -0.1) is 0 Å². The standard InChI is InChI=1S/C12H14F2N2O3/c1-7(2)16(6-11(17)18)12(19)15-8-3-4-9(13)10(14)5-8/h3-5,7H,6H2,1-2H3,(H,15,19)(H,17,18). The molecule has 0 saturated carbocycles. The zero-order chi connectivity index (χ0) is 14.6. The number of nitrogens with zero attached hydrogens (tertiary/aromatic N) is 1. The van der Waals surface area contributed by atoms with Crippen molar-refractivity contribution in [3.8, 4) is 0 Å². The molecule has 7 heteroatoms. The second kappa shape index (κ2) is 6.12. The summed E-state index contributed by atoms with van der Waals surface area (Å²) in [7, 11) is 0. The zero-order valence-electron chi connectivity index (χ0n) is 10.5. The lowest BCUT2D eigenvalue weighted by Crippen LogP contribution is -2.43. The molecule has 19 heavy (non-hydrogen) atoms. The fraction of sp³-hybridized carbons (Fsp3) is 0.333. The van der Waals surface area contributed by atoms with Crippen LogP contribution >= 0.6 is 0 Å². The van der Waals surface area contributed by atoms with E-state index in [2.05, 4.69) is 5.32 Å². The van der Waals surface area contributed by atoms with Gasteiger partial charge in [-0.25, -0.2) is 13.6 Å². The summed E-state index contributed by atoms with van der Waals surface area (Å²) in [5.41, 5.74) is 0.0555. The fourth-order valence-electron chi connectivity index (χ4n) is 1.40. The molecule has 0 radical (unpaired) electrons. The van der Waals surface area contributed by atoms with Crippen molar-refractivity contribution in [2.45, 2.75) is 19.9 Å². The Morgan fingerprint density at radius 1 is 1.32 bits per heavy atom. The van der Waals surface area contributed by atoms with Crippen LogP contribution in [0.4, 0.5) is 19.3 Å². The monoisotopic (exact) mass is 272 g/mol.